The van der Waals surface area contributed by atoms with E-state index in [4.69, 9.17) is 10.00 Å². The van der Waals surface area contributed by atoms with E-state index in [0.29, 0.717) is 5.75 Å². The molecule has 0 atom stereocenters. The SMILES string of the molecule is N#Cc1cn(CCNC(=O)NCc2cccc(Oc3cccc4ccccc34)c2)c(=O)[nH]c1=O. The van der Waals surface area contributed by atoms with Crippen LogP contribution in [-0.2, 0) is 13.1 Å². The first-order valence-corrected chi connectivity index (χ1v) is 10.5. The Labute approximate surface area is 194 Å². The van der Waals surface area contributed by atoms with Crippen molar-refractivity contribution in [3.05, 3.63) is 105 Å². The van der Waals surface area contributed by atoms with Gasteiger partial charge < -0.3 is 15.4 Å². The molecule has 4 rings (SSSR count). The van der Waals surface area contributed by atoms with Gasteiger partial charge in [0.25, 0.3) is 5.56 Å². The number of hydrogen-bond acceptors (Lipinski definition) is 5. The predicted octanol–water partition coefficient (Wildman–Crippen LogP) is 2.85. The first-order chi connectivity index (χ1) is 16.5. The Kier molecular flexibility index (Phi) is 6.70. The second kappa shape index (κ2) is 10.2. The number of ether oxygens (including phenoxy) is 1. The van der Waals surface area contributed by atoms with Crippen molar-refractivity contribution in [2.75, 3.05) is 6.54 Å². The van der Waals surface area contributed by atoms with Crippen molar-refractivity contribution in [3.63, 3.8) is 0 Å². The van der Waals surface area contributed by atoms with E-state index in [1.54, 1.807) is 6.07 Å². The lowest BCUT2D eigenvalue weighted by atomic mass is 10.1. The number of benzene rings is 3. The molecule has 0 aliphatic carbocycles. The van der Waals surface area contributed by atoms with E-state index < -0.39 is 17.3 Å². The van der Waals surface area contributed by atoms with Crippen molar-refractivity contribution >= 4 is 16.8 Å². The lowest BCUT2D eigenvalue weighted by molar-refractivity contribution is 0.240. The maximum atomic E-state index is 12.1. The third kappa shape index (κ3) is 5.31. The number of nitrogens with zero attached hydrogens (tertiary/aromatic N) is 2. The molecule has 170 valence electrons. The van der Waals surface area contributed by atoms with Crippen LogP contribution in [0.25, 0.3) is 10.8 Å². The molecular formula is C25H21N5O4. The molecule has 0 fully saturated rings. The van der Waals surface area contributed by atoms with Crippen LogP contribution in [0.15, 0.2) is 82.5 Å². The first-order valence-electron chi connectivity index (χ1n) is 10.5. The van der Waals surface area contributed by atoms with Gasteiger partial charge in [-0.05, 0) is 29.1 Å². The number of aromatic nitrogens is 2. The molecule has 9 heteroatoms. The molecular weight excluding hydrogens is 434 g/mol. The van der Waals surface area contributed by atoms with Gasteiger partial charge in [-0.2, -0.15) is 5.26 Å². The third-order valence-electron chi connectivity index (χ3n) is 5.10. The third-order valence-corrected chi connectivity index (χ3v) is 5.10. The maximum absolute atomic E-state index is 12.1. The van der Waals surface area contributed by atoms with Gasteiger partial charge >= 0.3 is 11.7 Å². The summed E-state index contributed by atoms with van der Waals surface area (Å²) in [5.74, 6) is 1.40. The normalized spacial score (nSPS) is 10.4. The number of H-pyrrole nitrogens is 1. The number of nitriles is 1. The van der Waals surface area contributed by atoms with Crippen molar-refractivity contribution in [3.8, 4) is 17.6 Å². The molecule has 1 heterocycles. The van der Waals surface area contributed by atoms with Crippen molar-refractivity contribution in [1.82, 2.24) is 20.2 Å². The topological polar surface area (TPSA) is 129 Å². The zero-order valence-corrected chi connectivity index (χ0v) is 18.1. The molecule has 0 saturated heterocycles. The van der Waals surface area contributed by atoms with Crippen LogP contribution in [-0.4, -0.2) is 22.1 Å². The Bertz CT molecular complexity index is 1490. The number of rotatable bonds is 7. The van der Waals surface area contributed by atoms with Gasteiger partial charge in [-0.1, -0.05) is 48.5 Å². The van der Waals surface area contributed by atoms with Gasteiger partial charge in [-0.25, -0.2) is 9.59 Å². The van der Waals surface area contributed by atoms with Crippen molar-refractivity contribution in [1.29, 1.82) is 5.26 Å². The van der Waals surface area contributed by atoms with Gasteiger partial charge in [0.05, 0.1) is 0 Å². The molecule has 0 spiro atoms. The van der Waals surface area contributed by atoms with Crippen LogP contribution in [0.5, 0.6) is 11.5 Å². The zero-order valence-electron chi connectivity index (χ0n) is 18.1. The van der Waals surface area contributed by atoms with Gasteiger partial charge in [-0.15, -0.1) is 0 Å². The summed E-state index contributed by atoms with van der Waals surface area (Å²) in [5, 5.41) is 16.4. The fourth-order valence-electron chi connectivity index (χ4n) is 3.42. The minimum atomic E-state index is -0.735. The van der Waals surface area contributed by atoms with E-state index in [-0.39, 0.29) is 25.2 Å². The van der Waals surface area contributed by atoms with Gasteiger partial charge in [0, 0.05) is 31.2 Å². The fraction of sp³-hybridized carbons (Fsp3) is 0.120. The molecule has 0 aliphatic rings. The van der Waals surface area contributed by atoms with Crippen LogP contribution in [0.4, 0.5) is 4.79 Å². The average molecular weight is 455 g/mol. The van der Waals surface area contributed by atoms with E-state index in [0.717, 1.165) is 26.7 Å². The number of carbonyl (C=O) groups is 1. The second-order valence-corrected chi connectivity index (χ2v) is 7.44. The number of fused-ring (bicyclic) bond motifs is 1. The summed E-state index contributed by atoms with van der Waals surface area (Å²) in [6.07, 6.45) is 1.17. The Balaban J connectivity index is 1.32. The van der Waals surface area contributed by atoms with Gasteiger partial charge in [0.2, 0.25) is 0 Å². The molecule has 3 aromatic carbocycles. The minimum Gasteiger partial charge on any atom is -0.457 e. The summed E-state index contributed by atoms with van der Waals surface area (Å²) in [6.45, 7) is 0.509. The summed E-state index contributed by atoms with van der Waals surface area (Å²) in [7, 11) is 0. The van der Waals surface area contributed by atoms with Crippen LogP contribution in [0.1, 0.15) is 11.1 Å². The molecule has 4 aromatic rings. The molecule has 1 aromatic heterocycles. The molecule has 0 unspecified atom stereocenters. The van der Waals surface area contributed by atoms with Crippen LogP contribution >= 0.6 is 0 Å². The highest BCUT2D eigenvalue weighted by Gasteiger charge is 2.07. The highest BCUT2D eigenvalue weighted by molar-refractivity contribution is 5.88. The molecule has 34 heavy (non-hydrogen) atoms. The molecule has 0 radical (unpaired) electrons. The standard InChI is InChI=1S/C25H21N5O4/c26-14-19-16-30(25(33)29-23(19)31)12-11-27-24(32)28-15-17-5-3-8-20(13-17)34-22-10-4-7-18-6-1-2-9-21(18)22/h1-10,13,16H,11-12,15H2,(H2,27,28,32)(H,29,31,33). The summed E-state index contributed by atoms with van der Waals surface area (Å²) in [5.41, 5.74) is -0.701. The van der Waals surface area contributed by atoms with Crippen molar-refractivity contribution in [2.24, 2.45) is 0 Å². The highest BCUT2D eigenvalue weighted by Crippen LogP contribution is 2.30. The molecule has 3 N–H and O–H groups in total. The largest absolute Gasteiger partial charge is 0.457 e. The monoisotopic (exact) mass is 455 g/mol. The summed E-state index contributed by atoms with van der Waals surface area (Å²) < 4.78 is 7.24. The molecule has 2 amide bonds. The quantitative estimate of drug-likeness (QED) is 0.395. The zero-order chi connectivity index (χ0) is 23.9. The first kappa shape index (κ1) is 22.4. The van der Waals surface area contributed by atoms with E-state index in [2.05, 4.69) is 15.6 Å². The molecule has 0 bridgehead atoms. The van der Waals surface area contributed by atoms with E-state index in [1.165, 1.54) is 6.20 Å². The average Bonchev–Trinajstić information content (AvgIpc) is 2.84. The number of hydrogen-bond donors (Lipinski definition) is 3. The van der Waals surface area contributed by atoms with Crippen molar-refractivity contribution in [2.45, 2.75) is 13.1 Å². The molecule has 0 saturated carbocycles. The summed E-state index contributed by atoms with van der Waals surface area (Å²) >= 11 is 0. The minimum absolute atomic E-state index is 0.103. The molecule has 9 nitrogen and oxygen atoms in total. The van der Waals surface area contributed by atoms with Crippen LogP contribution in [0.3, 0.4) is 0 Å². The van der Waals surface area contributed by atoms with Crippen LogP contribution in [0, 0.1) is 11.3 Å². The number of nitrogens with one attached hydrogen (secondary N) is 3. The molecule has 0 aliphatic heterocycles. The smallest absolute Gasteiger partial charge is 0.328 e. The number of aromatic amines is 1. The Hall–Kier alpha value is -4.84. The Morgan fingerprint density at radius 2 is 1.82 bits per heavy atom. The van der Waals surface area contributed by atoms with E-state index in [1.807, 2.05) is 66.7 Å². The van der Waals surface area contributed by atoms with E-state index >= 15 is 0 Å². The number of urea groups is 1. The summed E-state index contributed by atoms with van der Waals surface area (Å²) in [4.78, 5) is 37.4. The Morgan fingerprint density at radius 3 is 2.68 bits per heavy atom. The Morgan fingerprint density at radius 1 is 1.03 bits per heavy atom. The van der Waals surface area contributed by atoms with Crippen LogP contribution in [0.2, 0.25) is 0 Å². The maximum Gasteiger partial charge on any atom is 0.328 e. The van der Waals surface area contributed by atoms with E-state index in [9.17, 15) is 14.4 Å². The lowest BCUT2D eigenvalue weighted by Crippen LogP contribution is -2.39. The van der Waals surface area contributed by atoms with Crippen molar-refractivity contribution < 1.29 is 9.53 Å². The van der Waals surface area contributed by atoms with Crippen LogP contribution < -0.4 is 26.6 Å². The fourth-order valence-corrected chi connectivity index (χ4v) is 3.42. The second-order valence-electron chi connectivity index (χ2n) is 7.44. The lowest BCUT2D eigenvalue weighted by Gasteiger charge is -2.11. The van der Waals surface area contributed by atoms with Gasteiger partial charge in [0.15, 0.2) is 0 Å². The number of carbonyl (C=O) groups excluding carboxylic acids is 1. The number of amides is 2. The summed E-state index contributed by atoms with van der Waals surface area (Å²) in [6, 6.07) is 22.6. The van der Waals surface area contributed by atoms with Gasteiger partial charge in [0.1, 0.15) is 23.1 Å². The van der Waals surface area contributed by atoms with Gasteiger partial charge in [-0.3, -0.25) is 14.3 Å². The highest BCUT2D eigenvalue weighted by atomic mass is 16.5. The predicted molar refractivity (Wildman–Crippen MR) is 127 cm³/mol.